The van der Waals surface area contributed by atoms with Crippen LogP contribution in [-0.2, 0) is 22.7 Å². The summed E-state index contributed by atoms with van der Waals surface area (Å²) < 4.78 is 30.8. The zero-order valence-corrected chi connectivity index (χ0v) is 22.1. The van der Waals surface area contributed by atoms with Crippen molar-refractivity contribution in [1.82, 2.24) is 5.48 Å². The van der Waals surface area contributed by atoms with Crippen LogP contribution in [0.2, 0.25) is 0 Å². The lowest BCUT2D eigenvalue weighted by Crippen LogP contribution is -2.23. The molecule has 8 heteroatoms. The molecule has 4 rings (SSSR count). The Balaban J connectivity index is 1.49. The van der Waals surface area contributed by atoms with Crippen molar-refractivity contribution in [3.8, 4) is 16.9 Å². The van der Waals surface area contributed by atoms with Crippen molar-refractivity contribution in [2.45, 2.75) is 24.7 Å². The molecular weight excluding hydrogens is 500 g/mol. The predicted octanol–water partition coefficient (Wildman–Crippen LogP) is 5.42. The minimum Gasteiger partial charge on any atom is -0.497 e. The van der Waals surface area contributed by atoms with E-state index in [1.807, 2.05) is 24.3 Å². The molecule has 0 aliphatic rings. The van der Waals surface area contributed by atoms with Crippen molar-refractivity contribution in [2.75, 3.05) is 18.3 Å². The maximum absolute atomic E-state index is 12.9. The number of rotatable bonds is 10. The van der Waals surface area contributed by atoms with Crippen LogP contribution in [0.15, 0.2) is 95.9 Å². The Morgan fingerprint density at radius 2 is 1.47 bits per heavy atom. The number of benzene rings is 4. The Labute approximate surface area is 223 Å². The summed E-state index contributed by atoms with van der Waals surface area (Å²) in [5, 5.41) is 12.2. The van der Waals surface area contributed by atoms with Crippen LogP contribution >= 0.6 is 0 Å². The SMILES string of the molecule is COc1ccc(S(=O)(=O)CNc2c(C)cc(CCc3ccc(-c4ccccc4)cc3)cc2C(=O)NO)cc1. The summed E-state index contributed by atoms with van der Waals surface area (Å²) in [4.78, 5) is 12.6. The molecule has 196 valence electrons. The van der Waals surface area contributed by atoms with Gasteiger partial charge in [0.2, 0.25) is 0 Å². The molecule has 4 aromatic rings. The Kier molecular flexibility index (Phi) is 8.45. The molecule has 0 radical (unpaired) electrons. The van der Waals surface area contributed by atoms with Gasteiger partial charge in [0, 0.05) is 0 Å². The number of hydrogen-bond donors (Lipinski definition) is 3. The van der Waals surface area contributed by atoms with Crippen LogP contribution in [0.4, 0.5) is 5.69 Å². The van der Waals surface area contributed by atoms with Crippen molar-refractivity contribution < 1.29 is 23.2 Å². The van der Waals surface area contributed by atoms with E-state index in [-0.39, 0.29) is 10.5 Å². The summed E-state index contributed by atoms with van der Waals surface area (Å²) >= 11 is 0. The topological polar surface area (TPSA) is 105 Å². The van der Waals surface area contributed by atoms with Gasteiger partial charge in [-0.05, 0) is 77.9 Å². The second-order valence-corrected chi connectivity index (χ2v) is 10.9. The molecule has 4 aromatic carbocycles. The lowest BCUT2D eigenvalue weighted by atomic mass is 9.97. The molecule has 3 N–H and O–H groups in total. The predicted molar refractivity (Wildman–Crippen MR) is 148 cm³/mol. The van der Waals surface area contributed by atoms with E-state index in [2.05, 4.69) is 41.7 Å². The van der Waals surface area contributed by atoms with Gasteiger partial charge < -0.3 is 10.1 Å². The average molecular weight is 531 g/mol. The summed E-state index contributed by atoms with van der Waals surface area (Å²) in [6, 6.07) is 28.2. The number of amides is 1. The highest BCUT2D eigenvalue weighted by atomic mass is 32.2. The number of carbonyl (C=O) groups is 1. The molecule has 0 atom stereocenters. The molecule has 0 unspecified atom stereocenters. The maximum Gasteiger partial charge on any atom is 0.276 e. The van der Waals surface area contributed by atoms with Gasteiger partial charge in [-0.1, -0.05) is 60.7 Å². The van der Waals surface area contributed by atoms with Crippen LogP contribution < -0.4 is 15.5 Å². The quantitative estimate of drug-likeness (QED) is 0.187. The first-order valence-electron chi connectivity index (χ1n) is 12.1. The summed E-state index contributed by atoms with van der Waals surface area (Å²) in [5.74, 6) is -0.581. The van der Waals surface area contributed by atoms with Gasteiger partial charge in [-0.3, -0.25) is 10.0 Å². The maximum atomic E-state index is 12.9. The van der Waals surface area contributed by atoms with Gasteiger partial charge in [0.1, 0.15) is 11.6 Å². The van der Waals surface area contributed by atoms with E-state index in [1.54, 1.807) is 30.6 Å². The molecule has 7 nitrogen and oxygen atoms in total. The van der Waals surface area contributed by atoms with Gasteiger partial charge >= 0.3 is 0 Å². The van der Waals surface area contributed by atoms with Crippen LogP contribution in [0.25, 0.3) is 11.1 Å². The van der Waals surface area contributed by atoms with Gasteiger partial charge in [-0.15, -0.1) is 0 Å². The monoisotopic (exact) mass is 530 g/mol. The Hall–Kier alpha value is -4.14. The summed E-state index contributed by atoms with van der Waals surface area (Å²) in [6.45, 7) is 1.80. The molecule has 0 aliphatic heterocycles. The standard InChI is InChI=1S/C30H30N2O5S/c1-21-18-23(9-8-22-10-12-25(13-11-22)24-6-4-3-5-7-24)19-28(30(33)32-34)29(21)31-20-38(35,36)27-16-14-26(37-2)15-17-27/h3-7,10-19,31,34H,8-9,20H2,1-2H3,(H,32,33). The first-order chi connectivity index (χ1) is 18.3. The molecular formula is C30H30N2O5S. The third-order valence-corrected chi connectivity index (χ3v) is 7.88. The molecule has 38 heavy (non-hydrogen) atoms. The minimum absolute atomic E-state index is 0.131. The van der Waals surface area contributed by atoms with Gasteiger partial charge in [-0.25, -0.2) is 13.9 Å². The summed E-state index contributed by atoms with van der Waals surface area (Å²) in [6.07, 6.45) is 1.43. The molecule has 0 saturated carbocycles. The van der Waals surface area contributed by atoms with Crippen LogP contribution in [-0.4, -0.2) is 32.5 Å². The third-order valence-electron chi connectivity index (χ3n) is 6.36. The van der Waals surface area contributed by atoms with Gasteiger partial charge in [0.25, 0.3) is 5.91 Å². The number of aryl methyl sites for hydroxylation is 3. The highest BCUT2D eigenvalue weighted by molar-refractivity contribution is 7.91. The number of anilines is 1. The second-order valence-electron chi connectivity index (χ2n) is 8.95. The molecule has 0 spiro atoms. The number of methoxy groups -OCH3 is 1. The zero-order valence-electron chi connectivity index (χ0n) is 21.3. The fraction of sp³-hybridized carbons (Fsp3) is 0.167. The Morgan fingerprint density at radius 3 is 2.11 bits per heavy atom. The van der Waals surface area contributed by atoms with Crippen molar-refractivity contribution in [3.63, 3.8) is 0 Å². The smallest absolute Gasteiger partial charge is 0.276 e. The fourth-order valence-corrected chi connectivity index (χ4v) is 5.35. The van der Waals surface area contributed by atoms with Crippen molar-refractivity contribution in [3.05, 3.63) is 113 Å². The number of sulfone groups is 1. The number of carbonyl (C=O) groups excluding carboxylic acids is 1. The molecule has 0 heterocycles. The van der Waals surface area contributed by atoms with Crippen LogP contribution in [0.1, 0.15) is 27.0 Å². The van der Waals surface area contributed by atoms with E-state index in [0.29, 0.717) is 23.4 Å². The number of hydrogen-bond acceptors (Lipinski definition) is 6. The molecule has 0 aromatic heterocycles. The minimum atomic E-state index is -3.69. The van der Waals surface area contributed by atoms with Gasteiger partial charge in [0.15, 0.2) is 9.84 Å². The Bertz CT molecular complexity index is 1500. The molecule has 1 amide bonds. The first kappa shape index (κ1) is 26.9. The van der Waals surface area contributed by atoms with Crippen molar-refractivity contribution in [2.24, 2.45) is 0 Å². The second kappa shape index (κ2) is 11.9. The van der Waals surface area contributed by atoms with Crippen LogP contribution in [0, 0.1) is 6.92 Å². The average Bonchev–Trinajstić information content (AvgIpc) is 2.95. The molecule has 0 fully saturated rings. The molecule has 0 aliphatic carbocycles. The lowest BCUT2D eigenvalue weighted by Gasteiger charge is -2.16. The fourth-order valence-electron chi connectivity index (χ4n) is 4.30. The summed E-state index contributed by atoms with van der Waals surface area (Å²) in [7, 11) is -2.18. The normalized spacial score (nSPS) is 11.1. The van der Waals surface area contributed by atoms with Crippen molar-refractivity contribution in [1.29, 1.82) is 0 Å². The van der Waals surface area contributed by atoms with E-state index >= 15 is 0 Å². The van der Waals surface area contributed by atoms with Gasteiger partial charge in [-0.2, -0.15) is 0 Å². The highest BCUT2D eigenvalue weighted by Crippen LogP contribution is 2.26. The van der Waals surface area contributed by atoms with E-state index in [4.69, 9.17) is 4.74 Å². The summed E-state index contributed by atoms with van der Waals surface area (Å²) in [5.41, 5.74) is 7.25. The number of nitrogens with one attached hydrogen (secondary N) is 2. The molecule has 0 saturated heterocycles. The van der Waals surface area contributed by atoms with E-state index in [9.17, 15) is 18.4 Å². The zero-order chi connectivity index (χ0) is 27.1. The van der Waals surface area contributed by atoms with Gasteiger partial charge in [0.05, 0.1) is 23.3 Å². The molecule has 0 bridgehead atoms. The Morgan fingerprint density at radius 1 is 0.842 bits per heavy atom. The number of hydroxylamine groups is 1. The van der Waals surface area contributed by atoms with E-state index in [0.717, 1.165) is 28.7 Å². The van der Waals surface area contributed by atoms with Crippen molar-refractivity contribution >= 4 is 21.4 Å². The highest BCUT2D eigenvalue weighted by Gasteiger charge is 2.19. The third kappa shape index (κ3) is 6.40. The van der Waals surface area contributed by atoms with E-state index in [1.165, 1.54) is 19.2 Å². The van der Waals surface area contributed by atoms with E-state index < -0.39 is 21.6 Å². The first-order valence-corrected chi connectivity index (χ1v) is 13.8. The largest absolute Gasteiger partial charge is 0.497 e. The lowest BCUT2D eigenvalue weighted by molar-refractivity contribution is 0.0707. The number of ether oxygens (including phenoxy) is 1. The van der Waals surface area contributed by atoms with Crippen LogP contribution in [0.5, 0.6) is 5.75 Å². The van der Waals surface area contributed by atoms with Crippen LogP contribution in [0.3, 0.4) is 0 Å².